The molecule has 0 aliphatic heterocycles. The molecule has 0 aliphatic carbocycles. The molecular formula is C21H22FNO4S. The molecule has 0 bridgehead atoms. The van der Waals surface area contributed by atoms with Gasteiger partial charge in [0, 0.05) is 5.56 Å². The van der Waals surface area contributed by atoms with Crippen molar-refractivity contribution in [3.8, 4) is 0 Å². The van der Waals surface area contributed by atoms with Crippen molar-refractivity contribution in [2.45, 2.75) is 20.8 Å². The van der Waals surface area contributed by atoms with Gasteiger partial charge in [-0.15, -0.1) is 11.8 Å². The van der Waals surface area contributed by atoms with Gasteiger partial charge in [0.1, 0.15) is 5.82 Å². The van der Waals surface area contributed by atoms with E-state index in [-0.39, 0.29) is 29.6 Å². The lowest BCUT2D eigenvalue weighted by atomic mass is 9.98. The summed E-state index contributed by atoms with van der Waals surface area (Å²) in [7, 11) is 0. The minimum atomic E-state index is -0.585. The van der Waals surface area contributed by atoms with Crippen LogP contribution in [0.15, 0.2) is 36.4 Å². The molecule has 2 aromatic carbocycles. The monoisotopic (exact) mass is 403 g/mol. The van der Waals surface area contributed by atoms with E-state index in [4.69, 9.17) is 4.74 Å². The number of benzene rings is 2. The molecule has 0 heterocycles. The fourth-order valence-corrected chi connectivity index (χ4v) is 3.11. The van der Waals surface area contributed by atoms with Crippen LogP contribution in [0.25, 0.3) is 0 Å². The minimum absolute atomic E-state index is 0.0341. The van der Waals surface area contributed by atoms with Gasteiger partial charge < -0.3 is 10.1 Å². The van der Waals surface area contributed by atoms with Gasteiger partial charge in [0.25, 0.3) is 0 Å². The van der Waals surface area contributed by atoms with Gasteiger partial charge in [-0.1, -0.05) is 18.2 Å². The predicted octanol–water partition coefficient (Wildman–Crippen LogP) is 3.85. The molecule has 148 valence electrons. The molecule has 0 radical (unpaired) electrons. The van der Waals surface area contributed by atoms with Crippen molar-refractivity contribution in [3.05, 3.63) is 64.5 Å². The van der Waals surface area contributed by atoms with E-state index in [0.29, 0.717) is 5.56 Å². The first kappa shape index (κ1) is 21.6. The number of halogens is 1. The van der Waals surface area contributed by atoms with E-state index >= 15 is 0 Å². The van der Waals surface area contributed by atoms with E-state index in [2.05, 4.69) is 5.32 Å². The maximum atomic E-state index is 13.5. The Kier molecular flexibility index (Phi) is 7.75. The fourth-order valence-electron chi connectivity index (χ4n) is 2.50. The maximum Gasteiger partial charge on any atom is 0.316 e. The van der Waals surface area contributed by atoms with Gasteiger partial charge in [0.05, 0.1) is 17.2 Å². The fraction of sp³-hybridized carbons (Fsp3) is 0.286. The topological polar surface area (TPSA) is 72.5 Å². The zero-order valence-electron chi connectivity index (χ0n) is 16.0. The molecule has 5 nitrogen and oxygen atoms in total. The molecule has 0 atom stereocenters. The van der Waals surface area contributed by atoms with E-state index in [1.54, 1.807) is 12.1 Å². The van der Waals surface area contributed by atoms with Crippen LogP contribution in [0.5, 0.6) is 0 Å². The number of esters is 1. The lowest BCUT2D eigenvalue weighted by Gasteiger charge is -2.10. The number of thioether (sulfide) groups is 1. The summed E-state index contributed by atoms with van der Waals surface area (Å²) in [5.74, 6) is -1.92. The lowest BCUT2D eigenvalue weighted by Crippen LogP contribution is -2.19. The maximum absolute atomic E-state index is 13.5. The van der Waals surface area contributed by atoms with Crippen LogP contribution < -0.4 is 5.32 Å². The number of ketones is 1. The van der Waals surface area contributed by atoms with Crippen LogP contribution in [0.1, 0.15) is 27.0 Å². The van der Waals surface area contributed by atoms with Crippen molar-refractivity contribution >= 4 is 35.1 Å². The number of carbonyl (C=O) groups excluding carboxylic acids is 3. The molecule has 0 saturated heterocycles. The second-order valence-corrected chi connectivity index (χ2v) is 7.34. The number of nitrogens with one attached hydrogen (secondary N) is 1. The second kappa shape index (κ2) is 10.0. The molecule has 0 aliphatic rings. The Bertz CT molecular complexity index is 898. The predicted molar refractivity (Wildman–Crippen MR) is 108 cm³/mol. The summed E-state index contributed by atoms with van der Waals surface area (Å²) in [6, 6.07) is 9.55. The molecule has 0 saturated carbocycles. The van der Waals surface area contributed by atoms with Gasteiger partial charge in [-0.2, -0.15) is 0 Å². The number of aryl methyl sites for hydroxylation is 3. The molecule has 1 N–H and O–H groups in total. The summed E-state index contributed by atoms with van der Waals surface area (Å²) < 4.78 is 18.5. The van der Waals surface area contributed by atoms with Crippen LogP contribution in [0.2, 0.25) is 0 Å². The molecule has 2 rings (SSSR count). The summed E-state index contributed by atoms with van der Waals surface area (Å²) in [5, 5.41) is 2.43. The van der Waals surface area contributed by atoms with E-state index in [1.165, 1.54) is 18.2 Å². The smallest absolute Gasteiger partial charge is 0.316 e. The third-order valence-corrected chi connectivity index (χ3v) is 5.01. The largest absolute Gasteiger partial charge is 0.457 e. The Morgan fingerprint density at radius 1 is 1.00 bits per heavy atom. The highest BCUT2D eigenvalue weighted by Crippen LogP contribution is 2.16. The summed E-state index contributed by atoms with van der Waals surface area (Å²) in [6.07, 6.45) is 0. The first-order valence-corrected chi connectivity index (χ1v) is 9.82. The highest BCUT2D eigenvalue weighted by atomic mass is 32.2. The number of anilines is 1. The summed E-state index contributed by atoms with van der Waals surface area (Å²) >= 11 is 1.03. The van der Waals surface area contributed by atoms with Gasteiger partial charge in [-0.25, -0.2) is 4.39 Å². The number of ether oxygens (including phenoxy) is 1. The Hall–Kier alpha value is -2.67. The third-order valence-electron chi connectivity index (χ3n) is 4.11. The number of rotatable bonds is 8. The van der Waals surface area contributed by atoms with Crippen molar-refractivity contribution < 1.29 is 23.5 Å². The number of amides is 1. The van der Waals surface area contributed by atoms with Gasteiger partial charge in [-0.3, -0.25) is 14.4 Å². The Morgan fingerprint density at radius 2 is 1.68 bits per heavy atom. The number of hydrogen-bond acceptors (Lipinski definition) is 5. The van der Waals surface area contributed by atoms with Gasteiger partial charge in [0.15, 0.2) is 6.61 Å². The van der Waals surface area contributed by atoms with Crippen LogP contribution in [0.4, 0.5) is 10.1 Å². The molecule has 7 heteroatoms. The summed E-state index contributed by atoms with van der Waals surface area (Å²) in [6.45, 7) is 5.38. The van der Waals surface area contributed by atoms with E-state index in [9.17, 15) is 18.8 Å². The zero-order valence-corrected chi connectivity index (χ0v) is 16.8. The molecule has 0 fully saturated rings. The molecule has 2 aromatic rings. The van der Waals surface area contributed by atoms with E-state index in [0.717, 1.165) is 28.5 Å². The minimum Gasteiger partial charge on any atom is -0.457 e. The van der Waals surface area contributed by atoms with Gasteiger partial charge in [-0.05, 0) is 55.7 Å². The Labute approximate surface area is 167 Å². The van der Waals surface area contributed by atoms with Gasteiger partial charge in [0.2, 0.25) is 11.7 Å². The first-order chi connectivity index (χ1) is 13.3. The number of hydrogen-bond donors (Lipinski definition) is 1. The SMILES string of the molecule is Cc1cc(C)c(C(=O)COC(=O)CSCC(=O)Nc2ccccc2F)cc1C. The molecule has 28 heavy (non-hydrogen) atoms. The Balaban J connectivity index is 1.74. The number of para-hydroxylation sites is 1. The van der Waals surface area contributed by atoms with Crippen LogP contribution in [0, 0.1) is 26.6 Å². The average Bonchev–Trinajstić information content (AvgIpc) is 2.64. The van der Waals surface area contributed by atoms with Crippen LogP contribution in [0.3, 0.4) is 0 Å². The summed E-state index contributed by atoms with van der Waals surface area (Å²) in [4.78, 5) is 35.8. The summed E-state index contributed by atoms with van der Waals surface area (Å²) in [5.41, 5.74) is 3.55. The normalized spacial score (nSPS) is 10.4. The van der Waals surface area contributed by atoms with Crippen LogP contribution in [-0.4, -0.2) is 35.8 Å². The highest BCUT2D eigenvalue weighted by Gasteiger charge is 2.14. The zero-order chi connectivity index (χ0) is 20.7. The van der Waals surface area contributed by atoms with Crippen molar-refractivity contribution in [2.75, 3.05) is 23.4 Å². The second-order valence-electron chi connectivity index (χ2n) is 6.36. The van der Waals surface area contributed by atoms with Crippen LogP contribution in [-0.2, 0) is 14.3 Å². The highest BCUT2D eigenvalue weighted by molar-refractivity contribution is 8.00. The first-order valence-electron chi connectivity index (χ1n) is 8.66. The molecule has 0 unspecified atom stereocenters. The van der Waals surface area contributed by atoms with Crippen molar-refractivity contribution in [1.82, 2.24) is 0 Å². The van der Waals surface area contributed by atoms with E-state index < -0.39 is 17.7 Å². The lowest BCUT2D eigenvalue weighted by molar-refractivity contribution is -0.139. The number of carbonyl (C=O) groups is 3. The molecule has 1 amide bonds. The van der Waals surface area contributed by atoms with Crippen LogP contribution >= 0.6 is 11.8 Å². The quantitative estimate of drug-likeness (QED) is 0.535. The average molecular weight is 403 g/mol. The molecular weight excluding hydrogens is 381 g/mol. The molecule has 0 aromatic heterocycles. The number of Topliss-reactive ketones (excluding diaryl/α,β-unsaturated/α-hetero) is 1. The Morgan fingerprint density at radius 3 is 2.39 bits per heavy atom. The third kappa shape index (κ3) is 6.20. The van der Waals surface area contributed by atoms with E-state index in [1.807, 2.05) is 26.8 Å². The molecule has 0 spiro atoms. The standard InChI is InChI=1S/C21H22FNO4S/c1-13-8-15(3)16(9-14(13)2)19(24)10-27-21(26)12-28-11-20(25)23-18-7-5-4-6-17(18)22/h4-9H,10-12H2,1-3H3,(H,23,25). The van der Waals surface area contributed by atoms with Crippen molar-refractivity contribution in [1.29, 1.82) is 0 Å². The van der Waals surface area contributed by atoms with Gasteiger partial charge >= 0.3 is 5.97 Å². The van der Waals surface area contributed by atoms with Crippen molar-refractivity contribution in [3.63, 3.8) is 0 Å². The van der Waals surface area contributed by atoms with Crippen molar-refractivity contribution in [2.24, 2.45) is 0 Å².